The second kappa shape index (κ2) is 6.06. The molecule has 0 bridgehead atoms. The van der Waals surface area contributed by atoms with Gasteiger partial charge in [0.2, 0.25) is 0 Å². The Morgan fingerprint density at radius 3 is 2.89 bits per heavy atom. The van der Waals surface area contributed by atoms with Gasteiger partial charge in [-0.15, -0.1) is 10.2 Å². The largest absolute Gasteiger partial charge is 0.330 e. The highest BCUT2D eigenvalue weighted by Crippen LogP contribution is 2.26. The predicted molar refractivity (Wildman–Crippen MR) is 75.8 cm³/mol. The standard InChI is InChI=1S/C13H24N4S/c1-13(2,10-14)7-9-18-12-16-15-11-6-4-3-5-8-17(11)12/h3-10,14H2,1-2H3. The maximum Gasteiger partial charge on any atom is 0.191 e. The third-order valence-electron chi connectivity index (χ3n) is 3.64. The molecule has 4 nitrogen and oxygen atoms in total. The van der Waals surface area contributed by atoms with Crippen molar-refractivity contribution in [3.8, 4) is 0 Å². The lowest BCUT2D eigenvalue weighted by atomic mass is 9.91. The van der Waals surface area contributed by atoms with Crippen LogP contribution < -0.4 is 5.73 Å². The van der Waals surface area contributed by atoms with Gasteiger partial charge in [-0.3, -0.25) is 0 Å². The molecule has 0 saturated heterocycles. The summed E-state index contributed by atoms with van der Waals surface area (Å²) in [6.07, 6.45) is 6.03. The first-order chi connectivity index (χ1) is 8.62. The van der Waals surface area contributed by atoms with Gasteiger partial charge in [-0.05, 0) is 31.2 Å². The van der Waals surface area contributed by atoms with Crippen molar-refractivity contribution in [3.63, 3.8) is 0 Å². The molecule has 0 radical (unpaired) electrons. The first-order valence-electron chi connectivity index (χ1n) is 6.87. The van der Waals surface area contributed by atoms with E-state index in [4.69, 9.17) is 5.73 Å². The fourth-order valence-electron chi connectivity index (χ4n) is 2.09. The molecule has 2 N–H and O–H groups in total. The molecule has 1 aromatic rings. The van der Waals surface area contributed by atoms with E-state index in [0.717, 1.165) is 36.8 Å². The molecule has 2 rings (SSSR count). The molecule has 5 heteroatoms. The molecule has 0 amide bonds. The van der Waals surface area contributed by atoms with Gasteiger partial charge in [-0.1, -0.05) is 32.0 Å². The van der Waals surface area contributed by atoms with Crippen LogP contribution in [0.5, 0.6) is 0 Å². The Hall–Kier alpha value is -0.550. The molecular weight excluding hydrogens is 244 g/mol. The second-order valence-electron chi connectivity index (χ2n) is 5.83. The smallest absolute Gasteiger partial charge is 0.191 e. The van der Waals surface area contributed by atoms with E-state index in [-0.39, 0.29) is 5.41 Å². The van der Waals surface area contributed by atoms with E-state index >= 15 is 0 Å². The third kappa shape index (κ3) is 3.48. The number of aromatic nitrogens is 3. The highest BCUT2D eigenvalue weighted by Gasteiger charge is 2.18. The van der Waals surface area contributed by atoms with Gasteiger partial charge in [0.25, 0.3) is 0 Å². The van der Waals surface area contributed by atoms with Gasteiger partial charge in [-0.2, -0.15) is 0 Å². The fourth-order valence-corrected chi connectivity index (χ4v) is 3.37. The highest BCUT2D eigenvalue weighted by molar-refractivity contribution is 7.99. The van der Waals surface area contributed by atoms with Crippen LogP contribution in [0.3, 0.4) is 0 Å². The van der Waals surface area contributed by atoms with E-state index < -0.39 is 0 Å². The monoisotopic (exact) mass is 268 g/mol. The summed E-state index contributed by atoms with van der Waals surface area (Å²) < 4.78 is 2.31. The highest BCUT2D eigenvalue weighted by atomic mass is 32.2. The maximum atomic E-state index is 5.75. The van der Waals surface area contributed by atoms with Gasteiger partial charge in [-0.25, -0.2) is 0 Å². The zero-order valence-corrected chi connectivity index (χ0v) is 12.3. The molecule has 0 atom stereocenters. The van der Waals surface area contributed by atoms with E-state index in [1.807, 2.05) is 11.8 Å². The van der Waals surface area contributed by atoms with Crippen LogP contribution in [0.4, 0.5) is 0 Å². The molecule has 18 heavy (non-hydrogen) atoms. The van der Waals surface area contributed by atoms with Crippen molar-refractivity contribution in [2.75, 3.05) is 12.3 Å². The van der Waals surface area contributed by atoms with Gasteiger partial charge < -0.3 is 10.3 Å². The van der Waals surface area contributed by atoms with Crippen LogP contribution in [0.2, 0.25) is 0 Å². The summed E-state index contributed by atoms with van der Waals surface area (Å²) in [4.78, 5) is 0. The van der Waals surface area contributed by atoms with Crippen LogP contribution in [0.1, 0.15) is 45.4 Å². The minimum atomic E-state index is 0.231. The number of nitrogens with two attached hydrogens (primary N) is 1. The van der Waals surface area contributed by atoms with Crippen molar-refractivity contribution in [1.82, 2.24) is 14.8 Å². The lowest BCUT2D eigenvalue weighted by Crippen LogP contribution is -2.24. The number of nitrogens with zero attached hydrogens (tertiary/aromatic N) is 3. The minimum absolute atomic E-state index is 0.231. The van der Waals surface area contributed by atoms with Crippen LogP contribution in [-0.4, -0.2) is 27.1 Å². The van der Waals surface area contributed by atoms with Crippen LogP contribution in [0.15, 0.2) is 5.16 Å². The molecule has 0 fully saturated rings. The fraction of sp³-hybridized carbons (Fsp3) is 0.846. The number of hydrogen-bond acceptors (Lipinski definition) is 4. The van der Waals surface area contributed by atoms with E-state index in [0.29, 0.717) is 0 Å². The summed E-state index contributed by atoms with van der Waals surface area (Å²) in [5, 5.41) is 9.75. The Kier molecular flexibility index (Phi) is 4.67. The molecule has 1 aliphatic heterocycles. The molecule has 1 aromatic heterocycles. The van der Waals surface area contributed by atoms with Crippen LogP contribution in [-0.2, 0) is 13.0 Å². The Bertz CT molecular complexity index is 386. The average molecular weight is 268 g/mol. The Morgan fingerprint density at radius 1 is 1.28 bits per heavy atom. The van der Waals surface area contributed by atoms with Gasteiger partial charge in [0.15, 0.2) is 5.16 Å². The first-order valence-corrected chi connectivity index (χ1v) is 7.86. The van der Waals surface area contributed by atoms with Gasteiger partial charge in [0, 0.05) is 18.7 Å². The summed E-state index contributed by atoms with van der Waals surface area (Å²) in [5.41, 5.74) is 5.99. The summed E-state index contributed by atoms with van der Waals surface area (Å²) in [6.45, 7) is 6.27. The molecule has 0 aromatic carbocycles. The van der Waals surface area contributed by atoms with Crippen molar-refractivity contribution in [3.05, 3.63) is 5.82 Å². The van der Waals surface area contributed by atoms with E-state index in [1.54, 1.807) is 0 Å². The van der Waals surface area contributed by atoms with Gasteiger partial charge in [0.1, 0.15) is 5.82 Å². The van der Waals surface area contributed by atoms with E-state index in [1.165, 1.54) is 25.1 Å². The zero-order chi connectivity index (χ0) is 13.0. The molecule has 2 heterocycles. The number of rotatable bonds is 5. The van der Waals surface area contributed by atoms with E-state index in [2.05, 4.69) is 28.6 Å². The van der Waals surface area contributed by atoms with Crippen molar-refractivity contribution < 1.29 is 0 Å². The van der Waals surface area contributed by atoms with Crippen LogP contribution in [0, 0.1) is 5.41 Å². The minimum Gasteiger partial charge on any atom is -0.330 e. The molecule has 1 aliphatic rings. The lowest BCUT2D eigenvalue weighted by molar-refractivity contribution is 0.368. The normalized spacial score (nSPS) is 16.4. The molecule has 0 unspecified atom stereocenters. The molecule has 0 spiro atoms. The number of thioether (sulfide) groups is 1. The SMILES string of the molecule is CC(C)(CN)CCSc1nnc2n1CCCCC2. The van der Waals surface area contributed by atoms with Gasteiger partial charge in [0.05, 0.1) is 0 Å². The maximum absolute atomic E-state index is 5.75. The van der Waals surface area contributed by atoms with Crippen molar-refractivity contribution >= 4 is 11.8 Å². The number of hydrogen-bond donors (Lipinski definition) is 1. The van der Waals surface area contributed by atoms with Crippen LogP contribution in [0.25, 0.3) is 0 Å². The molecular formula is C13H24N4S. The van der Waals surface area contributed by atoms with Crippen molar-refractivity contribution in [2.24, 2.45) is 11.1 Å². The molecule has 0 saturated carbocycles. The van der Waals surface area contributed by atoms with E-state index in [9.17, 15) is 0 Å². The first kappa shape index (κ1) is 13.9. The third-order valence-corrected chi connectivity index (χ3v) is 4.61. The Morgan fingerprint density at radius 2 is 2.11 bits per heavy atom. The molecule has 102 valence electrons. The average Bonchev–Trinajstić information content (AvgIpc) is 2.59. The quantitative estimate of drug-likeness (QED) is 0.834. The lowest BCUT2D eigenvalue weighted by Gasteiger charge is -2.21. The van der Waals surface area contributed by atoms with Crippen LogP contribution >= 0.6 is 11.8 Å². The molecule has 0 aliphatic carbocycles. The Labute approximate surface area is 114 Å². The predicted octanol–water partition coefficient (Wildman–Crippen LogP) is 2.47. The second-order valence-corrected chi connectivity index (χ2v) is 6.89. The number of fused-ring (bicyclic) bond motifs is 1. The summed E-state index contributed by atoms with van der Waals surface area (Å²) in [7, 11) is 0. The summed E-state index contributed by atoms with van der Waals surface area (Å²) >= 11 is 1.83. The zero-order valence-electron chi connectivity index (χ0n) is 11.5. The topological polar surface area (TPSA) is 56.7 Å². The summed E-state index contributed by atoms with van der Waals surface area (Å²) in [5.74, 6) is 2.25. The Balaban J connectivity index is 1.92. The number of aryl methyl sites for hydroxylation is 1. The van der Waals surface area contributed by atoms with Crippen molar-refractivity contribution in [2.45, 2.75) is 57.7 Å². The van der Waals surface area contributed by atoms with Gasteiger partial charge >= 0.3 is 0 Å². The summed E-state index contributed by atoms with van der Waals surface area (Å²) in [6, 6.07) is 0. The van der Waals surface area contributed by atoms with Crippen molar-refractivity contribution in [1.29, 1.82) is 0 Å².